The lowest BCUT2D eigenvalue weighted by atomic mass is 9.74. The molecule has 3 heterocycles. The molecule has 1 saturated heterocycles. The minimum absolute atomic E-state index is 0.00185. The van der Waals surface area contributed by atoms with Crippen LogP contribution in [0, 0.1) is 23.5 Å². The smallest absolute Gasteiger partial charge is 0.245 e. The number of nitrogens with one attached hydrogen (secondary N) is 1. The number of hydrogen-bond acceptors (Lipinski definition) is 4. The number of hydrogen-bond donors (Lipinski definition) is 1. The number of anilines is 1. The third-order valence-corrected chi connectivity index (χ3v) is 10.2. The van der Waals surface area contributed by atoms with Crippen molar-refractivity contribution in [3.8, 4) is 5.88 Å². The van der Waals surface area contributed by atoms with Crippen LogP contribution in [0.5, 0.6) is 5.88 Å². The number of aromatic nitrogens is 2. The van der Waals surface area contributed by atoms with Gasteiger partial charge in [-0.2, -0.15) is 5.10 Å². The van der Waals surface area contributed by atoms with E-state index in [1.165, 1.54) is 12.1 Å². The van der Waals surface area contributed by atoms with Gasteiger partial charge in [0.1, 0.15) is 23.8 Å². The zero-order valence-electron chi connectivity index (χ0n) is 22.6. The molecule has 2 aliphatic heterocycles. The number of amides is 1. The largest absolute Gasteiger partial charge is 0.476 e. The van der Waals surface area contributed by atoms with E-state index >= 15 is 4.39 Å². The first-order chi connectivity index (χ1) is 20.1. The van der Waals surface area contributed by atoms with Gasteiger partial charge in [0, 0.05) is 41.7 Å². The van der Waals surface area contributed by atoms with E-state index in [9.17, 15) is 9.18 Å². The van der Waals surface area contributed by atoms with Crippen molar-refractivity contribution < 1.29 is 18.3 Å². The zero-order chi connectivity index (χ0) is 29.3. The molecule has 1 N–H and O–H groups in total. The van der Waals surface area contributed by atoms with Crippen molar-refractivity contribution in [3.05, 3.63) is 86.3 Å². The lowest BCUT2D eigenvalue weighted by Crippen LogP contribution is -2.57. The molecule has 0 unspecified atom stereocenters. The molecule has 4 aromatic rings. The summed E-state index contributed by atoms with van der Waals surface area (Å²) in [6.45, 7) is 3.15. The molecule has 7 rings (SSSR count). The fourth-order valence-electron chi connectivity index (χ4n) is 6.87. The van der Waals surface area contributed by atoms with E-state index in [1.54, 1.807) is 47.1 Å². The Morgan fingerprint density at radius 1 is 1.17 bits per heavy atom. The molecule has 4 atom stereocenters. The molecule has 3 aromatic carbocycles. The summed E-state index contributed by atoms with van der Waals surface area (Å²) in [6.07, 6.45) is 2.14. The highest BCUT2D eigenvalue weighted by Crippen LogP contribution is 2.54. The SMILES string of the molecule is C[C@]1(C(=O)Nc2cccc(Cl)c2)[C@@H](c2cccc(Cl)c2F)[C@@H]2Cn3nc4cc(F)c(Br)cc4c3OC[C@@H]2N1CC1CC1. The van der Waals surface area contributed by atoms with Crippen molar-refractivity contribution in [2.75, 3.05) is 18.5 Å². The highest BCUT2D eigenvalue weighted by atomic mass is 79.9. The van der Waals surface area contributed by atoms with Crippen LogP contribution >= 0.6 is 39.1 Å². The standard InChI is InChI=1S/C31H27BrCl2F2N4O2/c1-31(30(41)37-18-5-2-4-17(33)10-18)27(19-6-3-7-23(34)28(19)36)21-14-40-29(20-11-22(32)24(35)12-25(20)38-40)42-15-26(21)39(31)13-16-8-9-16/h2-7,10-12,16,21,26-27H,8-9,13-15H2,1H3,(H,37,41)/t21-,26+,27+,31-/m1/s1. The molecule has 1 amide bonds. The fourth-order valence-corrected chi connectivity index (χ4v) is 7.59. The molecule has 0 spiro atoms. The van der Waals surface area contributed by atoms with E-state index in [1.807, 2.05) is 6.92 Å². The number of ether oxygens (including phenoxy) is 1. The Morgan fingerprint density at radius 3 is 2.71 bits per heavy atom. The van der Waals surface area contributed by atoms with Crippen LogP contribution in [-0.2, 0) is 11.3 Å². The summed E-state index contributed by atoms with van der Waals surface area (Å²) >= 11 is 15.8. The second kappa shape index (κ2) is 10.5. The molecule has 0 bridgehead atoms. The van der Waals surface area contributed by atoms with Gasteiger partial charge in [0.05, 0.1) is 26.4 Å². The third-order valence-electron chi connectivity index (χ3n) is 9.04. The Kier molecular flexibility index (Phi) is 7.00. The molecule has 0 radical (unpaired) electrons. The van der Waals surface area contributed by atoms with Crippen LogP contribution < -0.4 is 10.1 Å². The summed E-state index contributed by atoms with van der Waals surface area (Å²) in [6, 6.07) is 14.7. The van der Waals surface area contributed by atoms with Gasteiger partial charge in [-0.25, -0.2) is 13.5 Å². The van der Waals surface area contributed by atoms with E-state index in [0.29, 0.717) is 56.5 Å². The van der Waals surface area contributed by atoms with Gasteiger partial charge in [-0.15, -0.1) is 0 Å². The summed E-state index contributed by atoms with van der Waals surface area (Å²) in [5, 5.41) is 8.94. The summed E-state index contributed by atoms with van der Waals surface area (Å²) in [5.74, 6) is -1.15. The van der Waals surface area contributed by atoms with Crippen molar-refractivity contribution in [3.63, 3.8) is 0 Å². The van der Waals surface area contributed by atoms with Crippen LogP contribution in [0.3, 0.4) is 0 Å². The van der Waals surface area contributed by atoms with Crippen LogP contribution in [0.1, 0.15) is 31.2 Å². The Morgan fingerprint density at radius 2 is 1.95 bits per heavy atom. The quantitative estimate of drug-likeness (QED) is 0.236. The van der Waals surface area contributed by atoms with Gasteiger partial charge in [-0.3, -0.25) is 9.69 Å². The van der Waals surface area contributed by atoms with Gasteiger partial charge < -0.3 is 10.1 Å². The van der Waals surface area contributed by atoms with E-state index in [-0.39, 0.29) is 29.5 Å². The van der Waals surface area contributed by atoms with Gasteiger partial charge in [0.2, 0.25) is 11.8 Å². The molecule has 42 heavy (non-hydrogen) atoms. The van der Waals surface area contributed by atoms with Crippen molar-refractivity contribution >= 4 is 61.6 Å². The number of fused-ring (bicyclic) bond motifs is 4. The topological polar surface area (TPSA) is 59.4 Å². The normalized spacial score (nSPS) is 25.5. The predicted molar refractivity (Wildman–Crippen MR) is 162 cm³/mol. The maximum Gasteiger partial charge on any atom is 0.245 e. The Balaban J connectivity index is 1.38. The molecule has 2 fully saturated rings. The molecular formula is C31H27BrCl2F2N4O2. The average Bonchev–Trinajstić information content (AvgIpc) is 3.70. The first kappa shape index (κ1) is 28.1. The van der Waals surface area contributed by atoms with Crippen molar-refractivity contribution in [1.29, 1.82) is 0 Å². The van der Waals surface area contributed by atoms with Crippen molar-refractivity contribution in [1.82, 2.24) is 14.7 Å². The summed E-state index contributed by atoms with van der Waals surface area (Å²) in [5.41, 5.74) is 0.216. The van der Waals surface area contributed by atoms with Gasteiger partial charge in [-0.1, -0.05) is 41.4 Å². The number of benzene rings is 3. The first-order valence-corrected chi connectivity index (χ1v) is 15.5. The Labute approximate surface area is 260 Å². The second-order valence-corrected chi connectivity index (χ2v) is 13.3. The lowest BCUT2D eigenvalue weighted by molar-refractivity contribution is -0.127. The Bertz CT molecular complexity index is 1730. The number of likely N-dealkylation sites (tertiary alicyclic amines) is 1. The summed E-state index contributed by atoms with van der Waals surface area (Å²) in [4.78, 5) is 16.7. The third kappa shape index (κ3) is 4.60. The van der Waals surface area contributed by atoms with Gasteiger partial charge in [-0.05, 0) is 77.5 Å². The van der Waals surface area contributed by atoms with E-state index < -0.39 is 23.1 Å². The number of carbonyl (C=O) groups is 1. The van der Waals surface area contributed by atoms with Crippen molar-refractivity contribution in [2.24, 2.45) is 11.8 Å². The fraction of sp³-hybridized carbons (Fsp3) is 0.355. The number of rotatable bonds is 5. The molecule has 11 heteroatoms. The molecule has 3 aliphatic rings. The minimum atomic E-state index is -1.17. The monoisotopic (exact) mass is 674 g/mol. The molecule has 218 valence electrons. The van der Waals surface area contributed by atoms with E-state index in [4.69, 9.17) is 27.9 Å². The summed E-state index contributed by atoms with van der Waals surface area (Å²) < 4.78 is 38.8. The molecule has 1 aromatic heterocycles. The number of nitrogens with zero attached hydrogens (tertiary/aromatic N) is 3. The van der Waals surface area contributed by atoms with Crippen LogP contribution in [0.4, 0.5) is 14.5 Å². The molecule has 1 saturated carbocycles. The summed E-state index contributed by atoms with van der Waals surface area (Å²) in [7, 11) is 0. The van der Waals surface area contributed by atoms with Crippen molar-refractivity contribution in [2.45, 2.75) is 43.8 Å². The van der Waals surface area contributed by atoms with Crippen LogP contribution in [0.25, 0.3) is 10.9 Å². The highest BCUT2D eigenvalue weighted by molar-refractivity contribution is 9.10. The van der Waals surface area contributed by atoms with E-state index in [2.05, 4.69) is 31.2 Å². The van der Waals surface area contributed by atoms with Crippen LogP contribution in [0.2, 0.25) is 10.0 Å². The molecular weight excluding hydrogens is 649 g/mol. The van der Waals surface area contributed by atoms with Gasteiger partial charge in [0.15, 0.2) is 0 Å². The Hall–Kier alpha value is -2.72. The lowest BCUT2D eigenvalue weighted by Gasteiger charge is -2.40. The number of halogens is 5. The zero-order valence-corrected chi connectivity index (χ0v) is 25.7. The van der Waals surface area contributed by atoms with Gasteiger partial charge in [0.25, 0.3) is 0 Å². The predicted octanol–water partition coefficient (Wildman–Crippen LogP) is 7.67. The van der Waals surface area contributed by atoms with Gasteiger partial charge >= 0.3 is 0 Å². The van der Waals surface area contributed by atoms with Crippen LogP contribution in [0.15, 0.2) is 59.1 Å². The molecule has 6 nitrogen and oxygen atoms in total. The first-order valence-electron chi connectivity index (χ1n) is 13.9. The maximum atomic E-state index is 16.0. The minimum Gasteiger partial charge on any atom is -0.476 e. The van der Waals surface area contributed by atoms with Crippen LogP contribution in [-0.4, -0.2) is 45.3 Å². The highest BCUT2D eigenvalue weighted by Gasteiger charge is 2.62. The van der Waals surface area contributed by atoms with E-state index in [0.717, 1.165) is 12.8 Å². The number of carbonyl (C=O) groups excluding carboxylic acids is 1. The maximum absolute atomic E-state index is 16.0. The molecule has 1 aliphatic carbocycles. The average molecular weight is 676 g/mol. The second-order valence-electron chi connectivity index (χ2n) is 11.6.